The Kier molecular flexibility index (Phi) is 7.60. The zero-order chi connectivity index (χ0) is 21.8. The van der Waals surface area contributed by atoms with Gasteiger partial charge in [-0.15, -0.1) is 0 Å². The predicted octanol–water partition coefficient (Wildman–Crippen LogP) is 1.21. The van der Waals surface area contributed by atoms with E-state index in [1.165, 1.54) is 6.92 Å². The highest BCUT2D eigenvalue weighted by Gasteiger charge is 2.34. The number of aromatic amines is 1. The van der Waals surface area contributed by atoms with E-state index in [4.69, 9.17) is 5.73 Å². The van der Waals surface area contributed by atoms with Crippen LogP contribution in [0, 0.1) is 5.92 Å². The standard InChI is InChI=1S/C19H29N4O5P/c1-11(2)8-16(22-18(24)12(3)20)19(25)23-17(29(26,27)28)9-13-10-21-15-7-5-4-6-14(13)15/h4-7,10-12,16-17,21H,8-9,20H2,1-3H3,(H,22,24)(H,23,25)(H2,26,27,28)/t12-,16-,17+/m0/s1. The second-order valence-corrected chi connectivity index (χ2v) is 9.46. The minimum absolute atomic E-state index is 0.0599. The molecule has 10 heteroatoms. The van der Waals surface area contributed by atoms with Gasteiger partial charge >= 0.3 is 7.60 Å². The minimum atomic E-state index is -4.66. The molecule has 0 bridgehead atoms. The Balaban J connectivity index is 2.22. The molecule has 0 spiro atoms. The van der Waals surface area contributed by atoms with Crippen molar-refractivity contribution in [2.45, 2.75) is 51.5 Å². The molecule has 0 aliphatic rings. The molecule has 9 nitrogen and oxygen atoms in total. The fourth-order valence-electron chi connectivity index (χ4n) is 3.03. The largest absolute Gasteiger partial charge is 0.361 e. The summed E-state index contributed by atoms with van der Waals surface area (Å²) in [5.41, 5.74) is 7.07. The van der Waals surface area contributed by atoms with Gasteiger partial charge in [-0.2, -0.15) is 0 Å². The molecule has 2 aromatic rings. The van der Waals surface area contributed by atoms with Gasteiger partial charge in [0.1, 0.15) is 11.8 Å². The maximum Gasteiger partial charge on any atom is 0.347 e. The van der Waals surface area contributed by atoms with Gasteiger partial charge in [-0.1, -0.05) is 32.0 Å². The van der Waals surface area contributed by atoms with E-state index in [-0.39, 0.29) is 12.3 Å². The number of rotatable bonds is 9. The Hall–Kier alpha value is -2.19. The molecule has 2 rings (SSSR count). The maximum absolute atomic E-state index is 12.8. The van der Waals surface area contributed by atoms with Gasteiger partial charge in [-0.3, -0.25) is 14.2 Å². The van der Waals surface area contributed by atoms with Gasteiger partial charge in [0, 0.05) is 23.5 Å². The van der Waals surface area contributed by atoms with Crippen molar-refractivity contribution in [1.82, 2.24) is 15.6 Å². The van der Waals surface area contributed by atoms with E-state index in [2.05, 4.69) is 15.6 Å². The van der Waals surface area contributed by atoms with Gasteiger partial charge < -0.3 is 31.1 Å². The Morgan fingerprint density at radius 3 is 2.38 bits per heavy atom. The van der Waals surface area contributed by atoms with Crippen LogP contribution in [0.2, 0.25) is 0 Å². The third-order valence-electron chi connectivity index (χ3n) is 4.56. The molecule has 0 radical (unpaired) electrons. The SMILES string of the molecule is CC(C)C[C@H](NC(=O)[C@H](C)N)C(=O)N[C@@H](Cc1c[nH]c2ccccc12)P(=O)(O)O. The van der Waals surface area contributed by atoms with Gasteiger partial charge in [-0.05, 0) is 30.9 Å². The van der Waals surface area contributed by atoms with E-state index in [9.17, 15) is 23.9 Å². The molecule has 1 aromatic heterocycles. The summed E-state index contributed by atoms with van der Waals surface area (Å²) in [6.07, 6.45) is 1.92. The lowest BCUT2D eigenvalue weighted by molar-refractivity contribution is -0.130. The van der Waals surface area contributed by atoms with E-state index in [0.29, 0.717) is 12.0 Å². The molecule has 160 valence electrons. The van der Waals surface area contributed by atoms with Crippen LogP contribution >= 0.6 is 7.60 Å². The summed E-state index contributed by atoms with van der Waals surface area (Å²) < 4.78 is 12.1. The van der Waals surface area contributed by atoms with Crippen molar-refractivity contribution in [3.63, 3.8) is 0 Å². The molecule has 0 saturated carbocycles. The number of nitrogens with two attached hydrogens (primary N) is 1. The monoisotopic (exact) mass is 424 g/mol. The Morgan fingerprint density at radius 1 is 1.14 bits per heavy atom. The van der Waals surface area contributed by atoms with Crippen LogP contribution in [0.3, 0.4) is 0 Å². The highest BCUT2D eigenvalue weighted by atomic mass is 31.2. The fourth-order valence-corrected chi connectivity index (χ4v) is 3.76. The third kappa shape index (κ3) is 6.40. The van der Waals surface area contributed by atoms with Gasteiger partial charge in [0.2, 0.25) is 11.8 Å². The lowest BCUT2D eigenvalue weighted by atomic mass is 10.0. The lowest BCUT2D eigenvalue weighted by Gasteiger charge is -2.25. The van der Waals surface area contributed by atoms with Gasteiger partial charge in [0.25, 0.3) is 0 Å². The number of nitrogens with one attached hydrogen (secondary N) is 3. The number of carbonyl (C=O) groups excluding carboxylic acids is 2. The summed E-state index contributed by atoms with van der Waals surface area (Å²) in [4.78, 5) is 47.4. The molecule has 0 unspecified atom stereocenters. The molecule has 1 heterocycles. The van der Waals surface area contributed by atoms with E-state index < -0.39 is 37.3 Å². The maximum atomic E-state index is 12.8. The average Bonchev–Trinajstić information content (AvgIpc) is 3.02. The number of para-hydroxylation sites is 1. The number of benzene rings is 1. The number of carbonyl (C=O) groups is 2. The highest BCUT2D eigenvalue weighted by Crippen LogP contribution is 2.42. The molecular formula is C19H29N4O5P. The lowest BCUT2D eigenvalue weighted by Crippen LogP contribution is -2.53. The molecule has 0 aliphatic heterocycles. The number of H-pyrrole nitrogens is 1. The quantitative estimate of drug-likeness (QED) is 0.332. The van der Waals surface area contributed by atoms with Crippen molar-refractivity contribution in [2.24, 2.45) is 11.7 Å². The number of amides is 2. The van der Waals surface area contributed by atoms with E-state index in [0.717, 1.165) is 10.9 Å². The van der Waals surface area contributed by atoms with E-state index in [1.807, 2.05) is 38.1 Å². The molecule has 0 fully saturated rings. The van der Waals surface area contributed by atoms with Crippen LogP contribution in [0.25, 0.3) is 10.9 Å². The molecule has 29 heavy (non-hydrogen) atoms. The van der Waals surface area contributed by atoms with Gasteiger partial charge in [-0.25, -0.2) is 0 Å². The fraction of sp³-hybridized carbons (Fsp3) is 0.474. The second-order valence-electron chi connectivity index (χ2n) is 7.66. The van der Waals surface area contributed by atoms with Gasteiger partial charge in [0.15, 0.2) is 0 Å². The number of fused-ring (bicyclic) bond motifs is 1. The number of hydrogen-bond acceptors (Lipinski definition) is 4. The second kappa shape index (κ2) is 9.54. The molecule has 3 atom stereocenters. The number of aromatic nitrogens is 1. The Labute approximate surface area is 169 Å². The first-order valence-corrected chi connectivity index (χ1v) is 11.1. The first-order valence-electron chi connectivity index (χ1n) is 9.45. The summed E-state index contributed by atoms with van der Waals surface area (Å²) in [6.45, 7) is 5.25. The van der Waals surface area contributed by atoms with Crippen molar-refractivity contribution in [3.8, 4) is 0 Å². The molecule has 0 aliphatic carbocycles. The smallest absolute Gasteiger partial charge is 0.347 e. The van der Waals surface area contributed by atoms with Crippen LogP contribution < -0.4 is 16.4 Å². The minimum Gasteiger partial charge on any atom is -0.361 e. The summed E-state index contributed by atoms with van der Waals surface area (Å²) in [7, 11) is -4.66. The van der Waals surface area contributed by atoms with Crippen molar-refractivity contribution >= 4 is 30.3 Å². The molecular weight excluding hydrogens is 395 g/mol. The third-order valence-corrected chi connectivity index (χ3v) is 5.68. The summed E-state index contributed by atoms with van der Waals surface area (Å²) in [6, 6.07) is 5.62. The Bertz CT molecular complexity index is 905. The van der Waals surface area contributed by atoms with Crippen LogP contribution in [0.4, 0.5) is 0 Å². The van der Waals surface area contributed by atoms with Crippen LogP contribution in [-0.4, -0.2) is 44.5 Å². The topological polar surface area (TPSA) is 158 Å². The van der Waals surface area contributed by atoms with Crippen LogP contribution in [0.15, 0.2) is 30.5 Å². The summed E-state index contributed by atoms with van der Waals surface area (Å²) in [5, 5.41) is 5.82. The molecule has 0 saturated heterocycles. The summed E-state index contributed by atoms with van der Waals surface area (Å²) in [5.74, 6) is -2.51. The Morgan fingerprint density at radius 2 is 1.79 bits per heavy atom. The van der Waals surface area contributed by atoms with Crippen LogP contribution in [0.1, 0.15) is 32.8 Å². The van der Waals surface area contributed by atoms with Crippen molar-refractivity contribution in [2.75, 3.05) is 0 Å². The molecule has 2 amide bonds. The first kappa shape index (κ1) is 23.1. The van der Waals surface area contributed by atoms with Crippen molar-refractivity contribution < 1.29 is 23.9 Å². The normalized spacial score (nSPS) is 15.1. The molecule has 7 N–H and O–H groups in total. The summed E-state index contributed by atoms with van der Waals surface area (Å²) >= 11 is 0. The predicted molar refractivity (Wildman–Crippen MR) is 111 cm³/mol. The average molecular weight is 424 g/mol. The van der Waals surface area contributed by atoms with Crippen LogP contribution in [0.5, 0.6) is 0 Å². The van der Waals surface area contributed by atoms with E-state index in [1.54, 1.807) is 6.20 Å². The zero-order valence-electron chi connectivity index (χ0n) is 16.8. The van der Waals surface area contributed by atoms with Crippen molar-refractivity contribution in [3.05, 3.63) is 36.0 Å². The van der Waals surface area contributed by atoms with E-state index >= 15 is 0 Å². The van der Waals surface area contributed by atoms with Gasteiger partial charge in [0.05, 0.1) is 6.04 Å². The number of hydrogen-bond donors (Lipinski definition) is 6. The van der Waals surface area contributed by atoms with Crippen molar-refractivity contribution in [1.29, 1.82) is 0 Å². The zero-order valence-corrected chi connectivity index (χ0v) is 17.6. The highest BCUT2D eigenvalue weighted by molar-refractivity contribution is 7.52. The first-order chi connectivity index (χ1) is 13.5. The van der Waals surface area contributed by atoms with Crippen LogP contribution in [-0.2, 0) is 20.6 Å². The molecule has 1 aromatic carbocycles.